The first kappa shape index (κ1) is 33.3. The van der Waals surface area contributed by atoms with Crippen LogP contribution in [0.15, 0.2) is 0 Å². The van der Waals surface area contributed by atoms with Crippen LogP contribution in [0.5, 0.6) is 0 Å². The van der Waals surface area contributed by atoms with Gasteiger partial charge in [-0.25, -0.2) is 0 Å². The Bertz CT molecular complexity index is 184. The van der Waals surface area contributed by atoms with Crippen molar-refractivity contribution in [2.24, 2.45) is 0 Å². The van der Waals surface area contributed by atoms with E-state index in [1.165, 1.54) is 49.3 Å². The molecule has 0 aliphatic heterocycles. The SMILES string of the molecule is CCP(CC)CCP(CC)CC.CCP(CC)CCP(CC)CC.[Cl][W]. The van der Waals surface area contributed by atoms with Gasteiger partial charge < -0.3 is 0 Å². The zero-order valence-corrected chi connectivity index (χ0v) is 26.3. The van der Waals surface area contributed by atoms with Crippen LogP contribution < -0.4 is 0 Å². The molecule has 0 atom stereocenters. The van der Waals surface area contributed by atoms with E-state index in [4.69, 9.17) is 9.42 Å². The van der Waals surface area contributed by atoms with Gasteiger partial charge in [0.05, 0.1) is 0 Å². The van der Waals surface area contributed by atoms with Crippen molar-refractivity contribution in [2.75, 3.05) is 73.9 Å². The van der Waals surface area contributed by atoms with Gasteiger partial charge >= 0.3 is 28.2 Å². The second kappa shape index (κ2) is 27.7. The molecular weight excluding hydrogens is 583 g/mol. The second-order valence-corrected chi connectivity index (χ2v) is 18.3. The van der Waals surface area contributed by atoms with Crippen LogP contribution in [0.4, 0.5) is 0 Å². The molecule has 0 heterocycles. The molecule has 0 saturated heterocycles. The van der Waals surface area contributed by atoms with Crippen molar-refractivity contribution >= 4 is 41.1 Å². The summed E-state index contributed by atoms with van der Waals surface area (Å²) in [5, 5.41) is 0. The molecule has 0 aromatic carbocycles. The van der Waals surface area contributed by atoms with Crippen LogP contribution in [0.2, 0.25) is 0 Å². The molecule has 0 aliphatic carbocycles. The van der Waals surface area contributed by atoms with Gasteiger partial charge in [0.2, 0.25) is 0 Å². The molecule has 0 radical (unpaired) electrons. The van der Waals surface area contributed by atoms with Crippen LogP contribution in [0.25, 0.3) is 0 Å². The van der Waals surface area contributed by atoms with E-state index in [2.05, 4.69) is 55.4 Å². The molecule has 161 valence electrons. The van der Waals surface area contributed by atoms with Gasteiger partial charge in [0.15, 0.2) is 0 Å². The van der Waals surface area contributed by atoms with Crippen LogP contribution in [-0.4, -0.2) is 73.9 Å². The Morgan fingerprint density at radius 2 is 0.500 bits per heavy atom. The van der Waals surface area contributed by atoms with Crippen LogP contribution >= 0.6 is 41.1 Å². The monoisotopic (exact) mass is 631 g/mol. The van der Waals surface area contributed by atoms with E-state index in [1.807, 2.05) is 0 Å². The molecule has 6 heteroatoms. The summed E-state index contributed by atoms with van der Waals surface area (Å²) in [5.74, 6) is 0. The number of halogens is 1. The van der Waals surface area contributed by atoms with Gasteiger partial charge in [-0.2, -0.15) is 0 Å². The Morgan fingerprint density at radius 3 is 0.577 bits per heavy atom. The quantitative estimate of drug-likeness (QED) is 0.168. The normalized spacial score (nSPS) is 10.8. The summed E-state index contributed by atoms with van der Waals surface area (Å²) < 4.78 is 0. The van der Waals surface area contributed by atoms with Crippen molar-refractivity contribution < 1.29 is 18.8 Å². The predicted molar refractivity (Wildman–Crippen MR) is 137 cm³/mol. The van der Waals surface area contributed by atoms with Crippen molar-refractivity contribution in [2.45, 2.75) is 55.4 Å². The zero-order valence-electron chi connectivity index (χ0n) is 19.1. The van der Waals surface area contributed by atoms with Crippen molar-refractivity contribution in [3.8, 4) is 0 Å². The summed E-state index contributed by atoms with van der Waals surface area (Å²) in [5.41, 5.74) is 0. The topological polar surface area (TPSA) is 0 Å². The summed E-state index contributed by atoms with van der Waals surface area (Å²) in [6.45, 7) is 18.9. The Morgan fingerprint density at radius 1 is 0.385 bits per heavy atom. The van der Waals surface area contributed by atoms with Crippen molar-refractivity contribution in [1.82, 2.24) is 0 Å². The van der Waals surface area contributed by atoms with Crippen molar-refractivity contribution in [3.05, 3.63) is 0 Å². The van der Waals surface area contributed by atoms with E-state index in [-0.39, 0.29) is 0 Å². The van der Waals surface area contributed by atoms with Gasteiger partial charge in [-0.3, -0.25) is 0 Å². The predicted octanol–water partition coefficient (Wildman–Crippen LogP) is 8.75. The molecular formula is C20H48ClP4W. The van der Waals surface area contributed by atoms with Crippen molar-refractivity contribution in [1.29, 1.82) is 0 Å². The van der Waals surface area contributed by atoms with Crippen LogP contribution in [0.3, 0.4) is 0 Å². The fourth-order valence-electron chi connectivity index (χ4n) is 2.73. The van der Waals surface area contributed by atoms with E-state index >= 15 is 0 Å². The number of hydrogen-bond acceptors (Lipinski definition) is 0. The van der Waals surface area contributed by atoms with E-state index in [0.717, 1.165) is 18.8 Å². The van der Waals surface area contributed by atoms with Gasteiger partial charge in [-0.05, 0) is 73.9 Å². The van der Waals surface area contributed by atoms with Crippen molar-refractivity contribution in [3.63, 3.8) is 0 Å². The maximum atomic E-state index is 4.72. The molecule has 0 unspecified atom stereocenters. The Kier molecular flexibility index (Phi) is 35.5. The van der Waals surface area contributed by atoms with Crippen LogP contribution in [0, 0.1) is 0 Å². The summed E-state index contributed by atoms with van der Waals surface area (Å²) in [6, 6.07) is 0. The molecule has 26 heavy (non-hydrogen) atoms. The molecule has 0 spiro atoms. The Hall–Kier alpha value is 2.70. The van der Waals surface area contributed by atoms with Gasteiger partial charge in [0.25, 0.3) is 0 Å². The summed E-state index contributed by atoms with van der Waals surface area (Å²) >= 11 is 1.06. The fraction of sp³-hybridized carbons (Fsp3) is 1.00. The zero-order chi connectivity index (χ0) is 20.8. The molecule has 0 aromatic rings. The molecule has 0 N–H and O–H groups in total. The number of rotatable bonds is 14. The van der Waals surface area contributed by atoms with Gasteiger partial charge in [-0.15, -0.1) is 31.7 Å². The van der Waals surface area contributed by atoms with Crippen LogP contribution in [-0.2, 0) is 18.8 Å². The Balaban J connectivity index is -0.000000371. The Labute approximate surface area is 188 Å². The third-order valence-electron chi connectivity index (χ3n) is 5.04. The minimum absolute atomic E-state index is 0.416. The molecule has 0 bridgehead atoms. The summed E-state index contributed by atoms with van der Waals surface area (Å²) in [4.78, 5) is 0. The molecule has 0 rings (SSSR count). The summed E-state index contributed by atoms with van der Waals surface area (Å²) in [7, 11) is 6.39. The van der Waals surface area contributed by atoms with E-state index in [1.54, 1.807) is 24.6 Å². The van der Waals surface area contributed by atoms with Gasteiger partial charge in [-0.1, -0.05) is 55.4 Å². The van der Waals surface area contributed by atoms with Gasteiger partial charge in [0, 0.05) is 0 Å². The third kappa shape index (κ3) is 21.4. The third-order valence-corrected chi connectivity index (χ3v) is 16.3. The van der Waals surface area contributed by atoms with Gasteiger partial charge in [0.1, 0.15) is 0 Å². The van der Waals surface area contributed by atoms with E-state index in [0.29, 0.717) is 31.7 Å². The standard InChI is InChI=1S/2C10H24P2.ClH.W/c2*1-5-11(6-2)9-10-12(7-3)8-4;;/h2*5-10H2,1-4H3;1H;/q;;;+1/p-1. The van der Waals surface area contributed by atoms with E-state index < -0.39 is 0 Å². The molecule has 0 aliphatic rings. The van der Waals surface area contributed by atoms with Crippen LogP contribution in [0.1, 0.15) is 55.4 Å². The minimum atomic E-state index is 0.416. The average Bonchev–Trinajstić information content (AvgIpc) is 2.71. The summed E-state index contributed by atoms with van der Waals surface area (Å²) in [6.07, 6.45) is 17.8. The molecule has 0 aromatic heterocycles. The first-order valence-corrected chi connectivity index (χ1v) is 21.8. The first-order valence-electron chi connectivity index (χ1n) is 10.6. The first-order chi connectivity index (χ1) is 12.6. The molecule has 0 saturated carbocycles. The molecule has 0 fully saturated rings. The van der Waals surface area contributed by atoms with E-state index in [9.17, 15) is 0 Å². The maximum absolute atomic E-state index is 4.72. The average molecular weight is 632 g/mol. The molecule has 0 nitrogen and oxygen atoms in total. The molecule has 0 amide bonds. The fourth-order valence-corrected chi connectivity index (χ4v) is 11.6. The number of hydrogen-bond donors (Lipinski definition) is 0. The second-order valence-electron chi connectivity index (χ2n) is 6.11.